The molecule has 2 heterocycles. The Hall–Kier alpha value is -2.22. The maximum absolute atomic E-state index is 11.1. The highest BCUT2D eigenvalue weighted by atomic mass is 35.5. The smallest absolute Gasteiger partial charge is 0.311 e. The van der Waals surface area contributed by atoms with Crippen LogP contribution in [0.25, 0.3) is 11.2 Å². The minimum atomic E-state index is -0.365. The van der Waals surface area contributed by atoms with Crippen LogP contribution in [0.4, 0.5) is 5.82 Å². The molecule has 0 aliphatic carbocycles. The van der Waals surface area contributed by atoms with Gasteiger partial charge in [0.05, 0.1) is 19.9 Å². The first kappa shape index (κ1) is 13.2. The molecule has 0 atom stereocenters. The molecule has 0 saturated heterocycles. The average Bonchev–Trinajstić information content (AvgIpc) is 2.83. The first-order chi connectivity index (χ1) is 9.10. The van der Waals surface area contributed by atoms with Gasteiger partial charge < -0.3 is 9.72 Å². The van der Waals surface area contributed by atoms with Gasteiger partial charge in [0, 0.05) is 5.71 Å². The summed E-state index contributed by atoms with van der Waals surface area (Å²) in [6, 6.07) is 0. The third kappa shape index (κ3) is 3.16. The van der Waals surface area contributed by atoms with Crippen molar-refractivity contribution in [2.24, 2.45) is 5.10 Å². The van der Waals surface area contributed by atoms with Crippen molar-refractivity contribution in [3.05, 3.63) is 11.6 Å². The second-order valence-electron chi connectivity index (χ2n) is 3.65. The van der Waals surface area contributed by atoms with Gasteiger partial charge in [-0.2, -0.15) is 15.1 Å². The average molecular weight is 283 g/mol. The third-order valence-corrected chi connectivity index (χ3v) is 2.41. The van der Waals surface area contributed by atoms with Crippen LogP contribution in [0.1, 0.15) is 13.3 Å². The Labute approximate surface area is 113 Å². The lowest BCUT2D eigenvalue weighted by Gasteiger charge is -2.03. The lowest BCUT2D eigenvalue weighted by molar-refractivity contribution is -0.139. The highest BCUT2D eigenvalue weighted by Crippen LogP contribution is 2.18. The second kappa shape index (κ2) is 5.61. The number of H-pyrrole nitrogens is 1. The minimum absolute atomic E-state index is 0.0583. The van der Waals surface area contributed by atoms with Gasteiger partial charge in [-0.15, -0.1) is 0 Å². The van der Waals surface area contributed by atoms with E-state index in [1.807, 2.05) is 0 Å². The molecule has 0 fully saturated rings. The summed E-state index contributed by atoms with van der Waals surface area (Å²) < 4.78 is 4.54. The molecule has 0 radical (unpaired) electrons. The van der Waals surface area contributed by atoms with Crippen LogP contribution in [-0.4, -0.2) is 38.7 Å². The van der Waals surface area contributed by atoms with Gasteiger partial charge >= 0.3 is 5.97 Å². The van der Waals surface area contributed by atoms with Crippen molar-refractivity contribution in [1.29, 1.82) is 0 Å². The largest absolute Gasteiger partial charge is 0.469 e. The van der Waals surface area contributed by atoms with Crippen LogP contribution in [0.5, 0.6) is 0 Å². The van der Waals surface area contributed by atoms with Crippen molar-refractivity contribution in [2.75, 3.05) is 12.5 Å². The Balaban J connectivity index is 2.19. The number of halogens is 1. The fraction of sp³-hybridized carbons (Fsp3) is 0.300. The zero-order chi connectivity index (χ0) is 13.8. The molecule has 2 aromatic heterocycles. The van der Waals surface area contributed by atoms with Crippen LogP contribution in [0.2, 0.25) is 5.28 Å². The number of fused-ring (bicyclic) bond motifs is 1. The fourth-order valence-electron chi connectivity index (χ4n) is 1.36. The fourth-order valence-corrected chi connectivity index (χ4v) is 1.52. The molecule has 0 unspecified atom stereocenters. The molecule has 0 saturated carbocycles. The Morgan fingerprint density at radius 3 is 3.11 bits per heavy atom. The van der Waals surface area contributed by atoms with E-state index in [2.05, 4.69) is 35.2 Å². The summed E-state index contributed by atoms with van der Waals surface area (Å²) >= 11 is 5.76. The molecule has 9 heteroatoms. The van der Waals surface area contributed by atoms with Crippen LogP contribution in [0.3, 0.4) is 0 Å². The lowest BCUT2D eigenvalue weighted by atomic mass is 10.3. The number of aromatic nitrogens is 4. The topological polar surface area (TPSA) is 105 Å². The van der Waals surface area contributed by atoms with E-state index >= 15 is 0 Å². The minimum Gasteiger partial charge on any atom is -0.469 e. The normalized spacial score (nSPS) is 11.6. The third-order valence-electron chi connectivity index (χ3n) is 2.24. The number of hydrazone groups is 1. The summed E-state index contributed by atoms with van der Waals surface area (Å²) in [5, 5.41) is 4.08. The molecule has 0 bridgehead atoms. The maximum atomic E-state index is 11.1. The van der Waals surface area contributed by atoms with Gasteiger partial charge in [0.2, 0.25) is 5.28 Å². The summed E-state index contributed by atoms with van der Waals surface area (Å²) in [4.78, 5) is 25.8. The van der Waals surface area contributed by atoms with E-state index in [0.29, 0.717) is 22.7 Å². The number of rotatable bonds is 4. The van der Waals surface area contributed by atoms with Gasteiger partial charge in [0.15, 0.2) is 11.5 Å². The van der Waals surface area contributed by atoms with E-state index in [0.717, 1.165) is 0 Å². The second-order valence-corrected chi connectivity index (χ2v) is 3.99. The number of ether oxygens (including phenoxy) is 1. The number of aromatic amines is 1. The Morgan fingerprint density at radius 1 is 1.58 bits per heavy atom. The zero-order valence-corrected chi connectivity index (χ0v) is 11.0. The lowest BCUT2D eigenvalue weighted by Crippen LogP contribution is -2.08. The molecule has 0 amide bonds. The molecular formula is C10H11ClN6O2. The van der Waals surface area contributed by atoms with Crippen LogP contribution >= 0.6 is 11.6 Å². The van der Waals surface area contributed by atoms with Gasteiger partial charge in [0.1, 0.15) is 5.52 Å². The number of anilines is 1. The molecular weight excluding hydrogens is 272 g/mol. The summed E-state index contributed by atoms with van der Waals surface area (Å²) in [7, 11) is 1.32. The van der Waals surface area contributed by atoms with Crippen molar-refractivity contribution < 1.29 is 9.53 Å². The van der Waals surface area contributed by atoms with Gasteiger partial charge in [-0.1, -0.05) is 0 Å². The summed E-state index contributed by atoms with van der Waals surface area (Å²) in [5.74, 6) is 0.0205. The van der Waals surface area contributed by atoms with Gasteiger partial charge in [-0.3, -0.25) is 10.2 Å². The first-order valence-corrected chi connectivity index (χ1v) is 5.70. The molecule has 100 valence electrons. The standard InChI is InChI=1S/C10H11ClN6O2/c1-5(3-6(18)19-2)16-17-9-7-8(13-4-12-7)14-10(11)15-9/h4H,3H2,1-2H3,(H2,12,13,14,15,17). The van der Waals surface area contributed by atoms with E-state index in [1.54, 1.807) is 6.92 Å². The first-order valence-electron chi connectivity index (χ1n) is 5.32. The van der Waals surface area contributed by atoms with Crippen molar-refractivity contribution in [2.45, 2.75) is 13.3 Å². The van der Waals surface area contributed by atoms with Crippen molar-refractivity contribution in [1.82, 2.24) is 19.9 Å². The van der Waals surface area contributed by atoms with E-state index in [1.165, 1.54) is 13.4 Å². The Morgan fingerprint density at radius 2 is 2.37 bits per heavy atom. The molecule has 0 spiro atoms. The van der Waals surface area contributed by atoms with Crippen molar-refractivity contribution in [3.8, 4) is 0 Å². The number of nitrogens with zero attached hydrogens (tertiary/aromatic N) is 4. The predicted octanol–water partition coefficient (Wildman–Crippen LogP) is 1.36. The van der Waals surface area contributed by atoms with E-state index in [4.69, 9.17) is 11.6 Å². The number of hydrogen-bond acceptors (Lipinski definition) is 7. The van der Waals surface area contributed by atoms with E-state index < -0.39 is 0 Å². The molecule has 0 aliphatic rings. The Bertz CT molecular complexity index is 638. The molecule has 19 heavy (non-hydrogen) atoms. The number of hydrogen-bond donors (Lipinski definition) is 2. The SMILES string of the molecule is COC(=O)CC(C)=NNc1nc(Cl)nc2nc[nH]c12. The zero-order valence-electron chi connectivity index (χ0n) is 10.3. The van der Waals surface area contributed by atoms with Crippen LogP contribution in [-0.2, 0) is 9.53 Å². The van der Waals surface area contributed by atoms with Crippen LogP contribution in [0.15, 0.2) is 11.4 Å². The quantitative estimate of drug-likeness (QED) is 0.380. The molecule has 2 rings (SSSR count). The van der Waals surface area contributed by atoms with Crippen LogP contribution < -0.4 is 5.43 Å². The number of esters is 1. The van der Waals surface area contributed by atoms with Crippen molar-refractivity contribution in [3.63, 3.8) is 0 Å². The molecule has 2 aromatic rings. The molecule has 0 aliphatic heterocycles. The number of methoxy groups -OCH3 is 1. The van der Waals surface area contributed by atoms with Crippen LogP contribution in [0, 0.1) is 0 Å². The van der Waals surface area contributed by atoms with Gasteiger partial charge in [-0.05, 0) is 18.5 Å². The molecule has 2 N–H and O–H groups in total. The summed E-state index contributed by atoms with van der Waals surface area (Å²) in [6.07, 6.45) is 1.57. The highest BCUT2D eigenvalue weighted by Gasteiger charge is 2.08. The summed E-state index contributed by atoms with van der Waals surface area (Å²) in [6.45, 7) is 1.69. The monoisotopic (exact) mass is 282 g/mol. The highest BCUT2D eigenvalue weighted by molar-refractivity contribution is 6.28. The summed E-state index contributed by atoms with van der Waals surface area (Å²) in [5.41, 5.74) is 4.28. The molecule has 0 aromatic carbocycles. The maximum Gasteiger partial charge on any atom is 0.311 e. The molecule has 8 nitrogen and oxygen atoms in total. The van der Waals surface area contributed by atoms with E-state index in [-0.39, 0.29) is 17.7 Å². The number of nitrogens with one attached hydrogen (secondary N) is 2. The van der Waals surface area contributed by atoms with Gasteiger partial charge in [-0.25, -0.2) is 4.98 Å². The van der Waals surface area contributed by atoms with E-state index in [9.17, 15) is 4.79 Å². The number of carbonyl (C=O) groups excluding carboxylic acids is 1. The van der Waals surface area contributed by atoms with Gasteiger partial charge in [0.25, 0.3) is 0 Å². The number of imidazole rings is 1. The Kier molecular flexibility index (Phi) is 3.91. The number of carbonyl (C=O) groups is 1. The van der Waals surface area contributed by atoms with Crippen molar-refractivity contribution >= 4 is 40.3 Å². The predicted molar refractivity (Wildman–Crippen MR) is 70.1 cm³/mol.